The van der Waals surface area contributed by atoms with Crippen LogP contribution < -0.4 is 0 Å². The zero-order chi connectivity index (χ0) is 16.8. The van der Waals surface area contributed by atoms with Crippen LogP contribution in [0.2, 0.25) is 0 Å². The van der Waals surface area contributed by atoms with Crippen molar-refractivity contribution in [2.45, 2.75) is 31.5 Å². The van der Waals surface area contributed by atoms with Crippen molar-refractivity contribution in [1.82, 2.24) is 9.80 Å². The van der Waals surface area contributed by atoms with Gasteiger partial charge in [-0.05, 0) is 37.1 Å². The van der Waals surface area contributed by atoms with Gasteiger partial charge in [0.15, 0.2) is 0 Å². The number of ether oxygens (including phenoxy) is 1. The molecule has 1 heterocycles. The summed E-state index contributed by atoms with van der Waals surface area (Å²) in [5.41, 5.74) is 0.994. The van der Waals surface area contributed by atoms with Crippen molar-refractivity contribution in [3.05, 3.63) is 35.6 Å². The first-order valence-corrected chi connectivity index (χ1v) is 7.91. The average Bonchev–Trinajstić information content (AvgIpc) is 2.97. The molecule has 0 saturated carbocycles. The molecule has 0 aliphatic carbocycles. The minimum atomic E-state index is -0.680. The number of amides is 1. The van der Waals surface area contributed by atoms with E-state index in [4.69, 9.17) is 4.74 Å². The van der Waals surface area contributed by atoms with Gasteiger partial charge >= 0.3 is 0 Å². The molecule has 5 nitrogen and oxygen atoms in total. The van der Waals surface area contributed by atoms with Crippen LogP contribution in [0.5, 0.6) is 0 Å². The Kier molecular flexibility index (Phi) is 6.50. The number of benzene rings is 1. The maximum Gasteiger partial charge on any atom is 0.239 e. The van der Waals surface area contributed by atoms with Gasteiger partial charge < -0.3 is 14.7 Å². The van der Waals surface area contributed by atoms with E-state index in [2.05, 4.69) is 4.90 Å². The Labute approximate surface area is 136 Å². The lowest BCUT2D eigenvalue weighted by atomic mass is 10.1. The number of aliphatic hydroxyl groups is 1. The number of halogens is 1. The quantitative estimate of drug-likeness (QED) is 0.820. The molecule has 23 heavy (non-hydrogen) atoms. The number of hydrogen-bond acceptors (Lipinski definition) is 4. The molecule has 0 aromatic heterocycles. The molecule has 2 atom stereocenters. The fourth-order valence-corrected chi connectivity index (χ4v) is 3.02. The molecule has 1 amide bonds. The lowest BCUT2D eigenvalue weighted by Gasteiger charge is -2.29. The second-order valence-electron chi connectivity index (χ2n) is 6.08. The topological polar surface area (TPSA) is 53.0 Å². The minimum Gasteiger partial charge on any atom is -0.389 e. The van der Waals surface area contributed by atoms with Crippen molar-refractivity contribution in [2.24, 2.45) is 0 Å². The third-order valence-electron chi connectivity index (χ3n) is 4.17. The van der Waals surface area contributed by atoms with Gasteiger partial charge in [-0.2, -0.15) is 0 Å². The molecule has 1 aromatic carbocycles. The molecule has 0 bridgehead atoms. The van der Waals surface area contributed by atoms with Crippen LogP contribution in [-0.2, 0) is 16.1 Å². The van der Waals surface area contributed by atoms with Crippen LogP contribution in [0.1, 0.15) is 18.4 Å². The van der Waals surface area contributed by atoms with Gasteiger partial charge in [0.1, 0.15) is 5.82 Å². The summed E-state index contributed by atoms with van der Waals surface area (Å²) in [6.45, 7) is 1.95. The van der Waals surface area contributed by atoms with Gasteiger partial charge in [0.25, 0.3) is 0 Å². The number of aliphatic hydroxyl groups excluding tert-OH is 1. The Balaban J connectivity index is 1.94. The van der Waals surface area contributed by atoms with Gasteiger partial charge in [-0.25, -0.2) is 4.39 Å². The maximum atomic E-state index is 13.0. The number of carbonyl (C=O) groups excluding carboxylic acids is 1. The molecule has 0 spiro atoms. The summed E-state index contributed by atoms with van der Waals surface area (Å²) in [5.74, 6) is -0.241. The summed E-state index contributed by atoms with van der Waals surface area (Å²) in [7, 11) is 3.22. The largest absolute Gasteiger partial charge is 0.389 e. The van der Waals surface area contributed by atoms with Gasteiger partial charge in [-0.15, -0.1) is 0 Å². The van der Waals surface area contributed by atoms with E-state index in [1.165, 1.54) is 19.2 Å². The molecule has 1 aliphatic heterocycles. The number of methoxy groups -OCH3 is 1. The predicted molar refractivity (Wildman–Crippen MR) is 85.4 cm³/mol. The summed E-state index contributed by atoms with van der Waals surface area (Å²) in [6.07, 6.45) is 1.09. The zero-order valence-electron chi connectivity index (χ0n) is 13.7. The number of hydrogen-bond donors (Lipinski definition) is 1. The number of likely N-dealkylation sites (tertiary alicyclic amines) is 1. The number of carbonyl (C=O) groups is 1. The van der Waals surface area contributed by atoms with Crippen molar-refractivity contribution in [3.8, 4) is 0 Å². The molecule has 6 heteroatoms. The van der Waals surface area contributed by atoms with E-state index in [1.807, 2.05) is 0 Å². The highest BCUT2D eigenvalue weighted by molar-refractivity contribution is 5.82. The Morgan fingerprint density at radius 1 is 1.48 bits per heavy atom. The Morgan fingerprint density at radius 3 is 2.83 bits per heavy atom. The maximum absolute atomic E-state index is 13.0. The van der Waals surface area contributed by atoms with Crippen LogP contribution in [0, 0.1) is 5.82 Å². The van der Waals surface area contributed by atoms with Crippen LogP contribution in [0.15, 0.2) is 24.3 Å². The second kappa shape index (κ2) is 8.38. The first-order valence-electron chi connectivity index (χ1n) is 7.91. The van der Waals surface area contributed by atoms with Crippen LogP contribution in [0.4, 0.5) is 4.39 Å². The van der Waals surface area contributed by atoms with Crippen LogP contribution >= 0.6 is 0 Å². The highest BCUT2D eigenvalue weighted by atomic mass is 19.1. The van der Waals surface area contributed by atoms with E-state index in [9.17, 15) is 14.3 Å². The molecule has 1 aliphatic rings. The minimum absolute atomic E-state index is 0.0137. The monoisotopic (exact) mass is 324 g/mol. The molecule has 0 radical (unpaired) electrons. The molecule has 1 aromatic rings. The second-order valence-corrected chi connectivity index (χ2v) is 6.08. The third kappa shape index (κ3) is 4.99. The molecular weight excluding hydrogens is 299 g/mol. The molecule has 128 valence electrons. The summed E-state index contributed by atoms with van der Waals surface area (Å²) in [5, 5.41) is 9.77. The van der Waals surface area contributed by atoms with Crippen molar-refractivity contribution >= 4 is 5.91 Å². The molecule has 1 saturated heterocycles. The Bertz CT molecular complexity index is 509. The lowest BCUT2D eigenvalue weighted by Crippen LogP contribution is -2.46. The smallest absolute Gasteiger partial charge is 0.239 e. The normalized spacial score (nSPS) is 19.7. The first kappa shape index (κ1) is 17.8. The van der Waals surface area contributed by atoms with E-state index in [-0.39, 0.29) is 30.9 Å². The summed E-state index contributed by atoms with van der Waals surface area (Å²) >= 11 is 0. The number of likely N-dealkylation sites (N-methyl/N-ethyl adjacent to an activating group) is 1. The standard InChI is InChI=1S/C17H25FN2O3/c1-19(11-15(21)12-23-2)17(22)16-4-3-9-20(16)10-13-5-7-14(18)8-6-13/h5-8,15-16,21H,3-4,9-12H2,1-2H3. The number of nitrogens with zero attached hydrogens (tertiary/aromatic N) is 2. The Hall–Kier alpha value is -1.50. The highest BCUT2D eigenvalue weighted by Gasteiger charge is 2.32. The van der Waals surface area contributed by atoms with Crippen molar-refractivity contribution in [1.29, 1.82) is 0 Å². The first-order chi connectivity index (χ1) is 11.0. The fourth-order valence-electron chi connectivity index (χ4n) is 3.02. The predicted octanol–water partition coefficient (Wildman–Crippen LogP) is 1.26. The van der Waals surface area contributed by atoms with E-state index in [0.717, 1.165) is 24.9 Å². The molecule has 2 rings (SSSR count). The van der Waals surface area contributed by atoms with E-state index < -0.39 is 6.10 Å². The van der Waals surface area contributed by atoms with E-state index in [1.54, 1.807) is 24.1 Å². The molecular formula is C17H25FN2O3. The van der Waals surface area contributed by atoms with Crippen LogP contribution in [-0.4, -0.2) is 66.8 Å². The molecule has 1 fully saturated rings. The Morgan fingerprint density at radius 2 is 2.17 bits per heavy atom. The average molecular weight is 324 g/mol. The van der Waals surface area contributed by atoms with E-state index >= 15 is 0 Å². The van der Waals surface area contributed by atoms with Crippen molar-refractivity contribution in [3.63, 3.8) is 0 Å². The van der Waals surface area contributed by atoms with Crippen LogP contribution in [0.25, 0.3) is 0 Å². The van der Waals surface area contributed by atoms with Gasteiger partial charge in [0, 0.05) is 27.2 Å². The highest BCUT2D eigenvalue weighted by Crippen LogP contribution is 2.22. The SMILES string of the molecule is COCC(O)CN(C)C(=O)C1CCCN1Cc1ccc(F)cc1. The fraction of sp³-hybridized carbons (Fsp3) is 0.588. The van der Waals surface area contributed by atoms with Gasteiger partial charge in [0.05, 0.1) is 18.8 Å². The zero-order valence-corrected chi connectivity index (χ0v) is 13.7. The van der Waals surface area contributed by atoms with Crippen molar-refractivity contribution in [2.75, 3.05) is 33.9 Å². The van der Waals surface area contributed by atoms with Crippen molar-refractivity contribution < 1.29 is 19.0 Å². The van der Waals surface area contributed by atoms with Gasteiger partial charge in [-0.3, -0.25) is 9.69 Å². The number of rotatable bonds is 7. The molecule has 2 unspecified atom stereocenters. The third-order valence-corrected chi connectivity index (χ3v) is 4.17. The lowest BCUT2D eigenvalue weighted by molar-refractivity contribution is -0.136. The van der Waals surface area contributed by atoms with Gasteiger partial charge in [0.2, 0.25) is 5.91 Å². The molecule has 1 N–H and O–H groups in total. The van der Waals surface area contributed by atoms with Gasteiger partial charge in [-0.1, -0.05) is 12.1 Å². The summed E-state index contributed by atoms with van der Waals surface area (Å²) < 4.78 is 17.9. The summed E-state index contributed by atoms with van der Waals surface area (Å²) in [4.78, 5) is 16.3. The van der Waals surface area contributed by atoms with Crippen LogP contribution in [0.3, 0.4) is 0 Å². The van der Waals surface area contributed by atoms with E-state index in [0.29, 0.717) is 6.54 Å². The summed E-state index contributed by atoms with van der Waals surface area (Å²) in [6, 6.07) is 6.20.